The average Bonchev–Trinajstić information content (AvgIpc) is 2.81. The summed E-state index contributed by atoms with van der Waals surface area (Å²) in [5, 5.41) is 6.51. The molecule has 0 amide bonds. The van der Waals surface area contributed by atoms with Crippen molar-refractivity contribution in [3.05, 3.63) is 22.4 Å². The summed E-state index contributed by atoms with van der Waals surface area (Å²) < 4.78 is 0. The second-order valence-corrected chi connectivity index (χ2v) is 4.61. The molecule has 0 spiro atoms. The summed E-state index contributed by atoms with van der Waals surface area (Å²) in [6.45, 7) is 0. The smallest absolute Gasteiger partial charge is 0.184 e. The van der Waals surface area contributed by atoms with E-state index in [2.05, 4.69) is 16.6 Å². The van der Waals surface area contributed by atoms with E-state index in [9.17, 15) is 0 Å². The highest BCUT2D eigenvalue weighted by Gasteiger charge is 2.29. The highest BCUT2D eigenvalue weighted by molar-refractivity contribution is 7.80. The summed E-state index contributed by atoms with van der Waals surface area (Å²) in [6.07, 6.45) is 2.44. The van der Waals surface area contributed by atoms with Gasteiger partial charge in [0.1, 0.15) is 0 Å². The normalized spacial score (nSPS) is 16.7. The maximum absolute atomic E-state index is 5.33. The van der Waals surface area contributed by atoms with E-state index in [1.165, 1.54) is 17.7 Å². The van der Waals surface area contributed by atoms with E-state index in [4.69, 9.17) is 18.0 Å². The molecule has 1 saturated carbocycles. The summed E-state index contributed by atoms with van der Waals surface area (Å²) in [5.41, 5.74) is 9.08. The second kappa shape index (κ2) is 4.06. The molecule has 1 aliphatic rings. The lowest BCUT2D eigenvalue weighted by Crippen LogP contribution is -2.25. The van der Waals surface area contributed by atoms with E-state index >= 15 is 0 Å². The fourth-order valence-corrected chi connectivity index (χ4v) is 2.08. The van der Waals surface area contributed by atoms with Gasteiger partial charge in [-0.3, -0.25) is 5.43 Å². The average molecular weight is 225 g/mol. The highest BCUT2D eigenvalue weighted by Crippen LogP contribution is 2.34. The van der Waals surface area contributed by atoms with Gasteiger partial charge in [0, 0.05) is 5.92 Å². The van der Waals surface area contributed by atoms with E-state index in [1.807, 2.05) is 11.4 Å². The van der Waals surface area contributed by atoms with E-state index in [1.54, 1.807) is 11.3 Å². The molecule has 3 nitrogen and oxygen atoms in total. The van der Waals surface area contributed by atoms with Gasteiger partial charge in [-0.1, -0.05) is 6.07 Å². The first-order valence-corrected chi connectivity index (χ1v) is 5.73. The molecule has 0 saturated heterocycles. The van der Waals surface area contributed by atoms with Crippen molar-refractivity contribution >= 4 is 34.4 Å². The third-order valence-corrected chi connectivity index (χ3v) is 3.01. The fraction of sp³-hybridized carbons (Fsp3) is 0.333. The number of nitrogens with one attached hydrogen (secondary N) is 1. The molecule has 0 radical (unpaired) electrons. The maximum Gasteiger partial charge on any atom is 0.184 e. The van der Waals surface area contributed by atoms with Gasteiger partial charge in [-0.05, 0) is 36.5 Å². The molecular formula is C9H11N3S2. The first-order valence-electron chi connectivity index (χ1n) is 4.44. The summed E-state index contributed by atoms with van der Waals surface area (Å²) in [7, 11) is 0. The molecule has 0 atom stereocenters. The van der Waals surface area contributed by atoms with Gasteiger partial charge >= 0.3 is 0 Å². The minimum atomic E-state index is 0.222. The third kappa shape index (κ3) is 2.30. The Kier molecular flexibility index (Phi) is 2.79. The molecular weight excluding hydrogens is 214 g/mol. The molecule has 74 valence electrons. The zero-order chi connectivity index (χ0) is 9.97. The fourth-order valence-electron chi connectivity index (χ4n) is 1.24. The van der Waals surface area contributed by atoms with E-state index in [-0.39, 0.29) is 5.11 Å². The molecule has 0 aromatic carbocycles. The number of rotatable bonds is 3. The molecule has 1 heterocycles. The van der Waals surface area contributed by atoms with Crippen LogP contribution in [0.25, 0.3) is 0 Å². The van der Waals surface area contributed by atoms with Crippen LogP contribution < -0.4 is 11.2 Å². The van der Waals surface area contributed by atoms with Crippen molar-refractivity contribution in [2.45, 2.75) is 12.8 Å². The lowest BCUT2D eigenvalue weighted by atomic mass is 10.2. The van der Waals surface area contributed by atoms with Gasteiger partial charge in [0.25, 0.3) is 0 Å². The van der Waals surface area contributed by atoms with Crippen LogP contribution in [0.1, 0.15) is 17.7 Å². The van der Waals surface area contributed by atoms with Crippen LogP contribution in [-0.4, -0.2) is 10.8 Å². The van der Waals surface area contributed by atoms with Crippen molar-refractivity contribution < 1.29 is 0 Å². The Labute approximate surface area is 92.0 Å². The Morgan fingerprint density at radius 2 is 2.43 bits per heavy atom. The lowest BCUT2D eigenvalue weighted by Gasteiger charge is -2.02. The highest BCUT2D eigenvalue weighted by atomic mass is 32.1. The predicted molar refractivity (Wildman–Crippen MR) is 63.5 cm³/mol. The van der Waals surface area contributed by atoms with Gasteiger partial charge < -0.3 is 5.73 Å². The number of hydrogen-bond acceptors (Lipinski definition) is 3. The molecule has 0 unspecified atom stereocenters. The van der Waals surface area contributed by atoms with Gasteiger partial charge in [-0.2, -0.15) is 5.10 Å². The van der Waals surface area contributed by atoms with Crippen molar-refractivity contribution in [1.82, 2.24) is 5.43 Å². The zero-order valence-corrected chi connectivity index (χ0v) is 9.20. The lowest BCUT2D eigenvalue weighted by molar-refractivity contribution is 1.00. The first-order chi connectivity index (χ1) is 6.77. The standard InChI is InChI=1S/C9H11N3S2/c10-9(13)12-11-8(6-3-4-6)7-2-1-5-14-7/h1-2,5-6H,3-4H2,(H3,10,12,13)/b11-8+. The van der Waals surface area contributed by atoms with Crippen LogP contribution in [0.2, 0.25) is 0 Å². The SMILES string of the molecule is NC(=S)N/N=C(/c1cccs1)C1CC1. The summed E-state index contributed by atoms with van der Waals surface area (Å²) >= 11 is 6.41. The Balaban J connectivity index is 2.15. The predicted octanol–water partition coefficient (Wildman–Crippen LogP) is 1.70. The van der Waals surface area contributed by atoms with Gasteiger partial charge in [0.05, 0.1) is 10.6 Å². The van der Waals surface area contributed by atoms with Gasteiger partial charge in [-0.25, -0.2) is 0 Å². The van der Waals surface area contributed by atoms with Gasteiger partial charge in [-0.15, -0.1) is 11.3 Å². The Morgan fingerprint density at radius 3 is 2.93 bits per heavy atom. The van der Waals surface area contributed by atoms with Crippen LogP contribution >= 0.6 is 23.6 Å². The number of nitrogens with two attached hydrogens (primary N) is 1. The van der Waals surface area contributed by atoms with Crippen LogP contribution in [0.4, 0.5) is 0 Å². The van der Waals surface area contributed by atoms with Crippen LogP contribution in [-0.2, 0) is 0 Å². The molecule has 2 rings (SSSR count). The van der Waals surface area contributed by atoms with Crippen molar-refractivity contribution in [1.29, 1.82) is 0 Å². The Morgan fingerprint density at radius 1 is 1.64 bits per heavy atom. The number of nitrogens with zero attached hydrogens (tertiary/aromatic N) is 1. The monoisotopic (exact) mass is 225 g/mol. The maximum atomic E-state index is 5.33. The molecule has 0 aliphatic heterocycles. The largest absolute Gasteiger partial charge is 0.375 e. The van der Waals surface area contributed by atoms with Crippen LogP contribution in [0.5, 0.6) is 0 Å². The van der Waals surface area contributed by atoms with Crippen LogP contribution in [0, 0.1) is 5.92 Å². The van der Waals surface area contributed by atoms with Gasteiger partial charge in [0.2, 0.25) is 0 Å². The topological polar surface area (TPSA) is 50.4 Å². The third-order valence-electron chi connectivity index (χ3n) is 2.02. The van der Waals surface area contributed by atoms with Crippen molar-refractivity contribution in [2.75, 3.05) is 0 Å². The van der Waals surface area contributed by atoms with Crippen molar-refractivity contribution in [3.8, 4) is 0 Å². The first kappa shape index (κ1) is 9.61. The number of hydrazone groups is 1. The molecule has 1 aromatic rings. The Hall–Kier alpha value is -0.940. The molecule has 0 bridgehead atoms. The molecule has 1 fully saturated rings. The van der Waals surface area contributed by atoms with E-state index in [0.717, 1.165) is 5.71 Å². The summed E-state index contributed by atoms with van der Waals surface area (Å²) in [6, 6.07) is 4.10. The molecule has 14 heavy (non-hydrogen) atoms. The number of thiophene rings is 1. The summed E-state index contributed by atoms with van der Waals surface area (Å²) in [4.78, 5) is 1.20. The molecule has 3 N–H and O–H groups in total. The van der Waals surface area contributed by atoms with Gasteiger partial charge in [0.15, 0.2) is 5.11 Å². The molecule has 1 aromatic heterocycles. The molecule has 5 heteroatoms. The van der Waals surface area contributed by atoms with Crippen molar-refractivity contribution in [2.24, 2.45) is 16.8 Å². The minimum absolute atomic E-state index is 0.222. The number of thiocarbonyl (C=S) groups is 1. The second-order valence-electron chi connectivity index (χ2n) is 3.22. The summed E-state index contributed by atoms with van der Waals surface area (Å²) in [5.74, 6) is 0.593. The van der Waals surface area contributed by atoms with Crippen LogP contribution in [0.3, 0.4) is 0 Å². The number of hydrogen-bond donors (Lipinski definition) is 2. The quantitative estimate of drug-likeness (QED) is 0.467. The van der Waals surface area contributed by atoms with E-state index < -0.39 is 0 Å². The zero-order valence-electron chi connectivity index (χ0n) is 7.56. The van der Waals surface area contributed by atoms with Crippen molar-refractivity contribution in [3.63, 3.8) is 0 Å². The minimum Gasteiger partial charge on any atom is -0.375 e. The van der Waals surface area contributed by atoms with Crippen LogP contribution in [0.15, 0.2) is 22.6 Å². The Bertz CT molecular complexity index is 352. The van der Waals surface area contributed by atoms with E-state index in [0.29, 0.717) is 5.92 Å². The molecule has 1 aliphatic carbocycles.